The van der Waals surface area contributed by atoms with E-state index in [9.17, 15) is 8.78 Å². The van der Waals surface area contributed by atoms with Gasteiger partial charge in [-0.2, -0.15) is 0 Å². The van der Waals surface area contributed by atoms with Crippen molar-refractivity contribution in [3.8, 4) is 5.75 Å². The Kier molecular flexibility index (Phi) is 4.92. The van der Waals surface area contributed by atoms with Gasteiger partial charge in [0.2, 0.25) is 0 Å². The summed E-state index contributed by atoms with van der Waals surface area (Å²) in [5, 5.41) is 5.38. The number of nitrogens with zero attached hydrogens (tertiary/aromatic N) is 1. The van der Waals surface area contributed by atoms with Gasteiger partial charge in [0.25, 0.3) is 0 Å². The zero-order chi connectivity index (χ0) is 15.2. The number of aromatic nitrogens is 1. The summed E-state index contributed by atoms with van der Waals surface area (Å²) in [4.78, 5) is 3.85. The Balaban J connectivity index is 2.14. The third-order valence-electron chi connectivity index (χ3n) is 2.76. The third kappa shape index (κ3) is 3.81. The molecule has 2 N–H and O–H groups in total. The first-order valence-electron chi connectivity index (χ1n) is 6.67. The normalized spacial score (nSPS) is 10.3. The number of ether oxygens (including phenoxy) is 1. The molecule has 0 aliphatic carbocycles. The van der Waals surface area contributed by atoms with E-state index in [0.717, 1.165) is 18.2 Å². The van der Waals surface area contributed by atoms with E-state index < -0.39 is 11.6 Å². The summed E-state index contributed by atoms with van der Waals surface area (Å²) in [7, 11) is 1.52. The predicted octanol–water partition coefficient (Wildman–Crippen LogP) is 3.93. The molecular formula is C15H17F2N3O. The molecule has 0 aliphatic heterocycles. The number of benzene rings is 1. The lowest BCUT2D eigenvalue weighted by Gasteiger charge is -2.10. The van der Waals surface area contributed by atoms with Gasteiger partial charge in [-0.25, -0.2) is 13.8 Å². The Morgan fingerprint density at radius 1 is 1.10 bits per heavy atom. The Morgan fingerprint density at radius 3 is 2.38 bits per heavy atom. The lowest BCUT2D eigenvalue weighted by Crippen LogP contribution is -2.03. The number of pyridine rings is 1. The van der Waals surface area contributed by atoms with Crippen LogP contribution in [-0.2, 0) is 0 Å². The average molecular weight is 293 g/mol. The van der Waals surface area contributed by atoms with Crippen LogP contribution in [0.1, 0.15) is 13.3 Å². The first-order valence-corrected chi connectivity index (χ1v) is 6.67. The van der Waals surface area contributed by atoms with Crippen LogP contribution in [0, 0.1) is 11.6 Å². The van der Waals surface area contributed by atoms with Gasteiger partial charge < -0.3 is 15.4 Å². The Hall–Kier alpha value is -2.37. The molecule has 0 saturated carbocycles. The van der Waals surface area contributed by atoms with E-state index in [1.165, 1.54) is 7.05 Å². The highest BCUT2D eigenvalue weighted by molar-refractivity contribution is 5.59. The highest BCUT2D eigenvalue weighted by Gasteiger charge is 2.11. The Labute approximate surface area is 122 Å². The summed E-state index contributed by atoms with van der Waals surface area (Å²) in [6.07, 6.45) is 0.928. The first kappa shape index (κ1) is 15.0. The van der Waals surface area contributed by atoms with E-state index in [4.69, 9.17) is 4.74 Å². The summed E-state index contributed by atoms with van der Waals surface area (Å²) < 4.78 is 32.5. The molecule has 21 heavy (non-hydrogen) atoms. The fourth-order valence-electron chi connectivity index (χ4n) is 1.72. The summed E-state index contributed by atoms with van der Waals surface area (Å²) >= 11 is 0. The van der Waals surface area contributed by atoms with Crippen LogP contribution in [0.15, 0.2) is 30.3 Å². The zero-order valence-corrected chi connectivity index (χ0v) is 11.9. The molecular weight excluding hydrogens is 276 g/mol. The third-order valence-corrected chi connectivity index (χ3v) is 2.76. The van der Waals surface area contributed by atoms with Gasteiger partial charge in [0.15, 0.2) is 23.3 Å². The number of anilines is 3. The van der Waals surface area contributed by atoms with Crippen LogP contribution in [0.5, 0.6) is 5.75 Å². The van der Waals surface area contributed by atoms with Crippen LogP contribution in [0.4, 0.5) is 26.1 Å². The lowest BCUT2D eigenvalue weighted by molar-refractivity contribution is 0.317. The molecule has 0 bridgehead atoms. The summed E-state index contributed by atoms with van der Waals surface area (Å²) in [5.74, 6) is -0.794. The second-order valence-corrected chi connectivity index (χ2v) is 4.40. The fraction of sp³-hybridized carbons (Fsp3) is 0.267. The molecule has 2 aromatic rings. The molecule has 1 heterocycles. The van der Waals surface area contributed by atoms with E-state index in [1.807, 2.05) is 6.92 Å². The maximum Gasteiger partial charge on any atom is 0.169 e. The number of hydrogen-bond acceptors (Lipinski definition) is 4. The standard InChI is InChI=1S/C15H17F2N3O/c1-3-8-21-11-6-4-10(5-7-11)19-15-13(17)9-12(16)14(18-2)20-15/h4-7,9H,3,8H2,1-2H3,(H2,18,19,20). The number of hydrogen-bond donors (Lipinski definition) is 2. The Bertz CT molecular complexity index is 603. The van der Waals surface area contributed by atoms with Crippen molar-refractivity contribution in [1.82, 2.24) is 4.98 Å². The van der Waals surface area contributed by atoms with E-state index in [0.29, 0.717) is 12.3 Å². The molecule has 1 aromatic carbocycles. The van der Waals surface area contributed by atoms with Crippen molar-refractivity contribution in [2.75, 3.05) is 24.3 Å². The zero-order valence-electron chi connectivity index (χ0n) is 11.9. The van der Waals surface area contributed by atoms with Gasteiger partial charge in [0, 0.05) is 18.8 Å². The molecule has 0 unspecified atom stereocenters. The lowest BCUT2D eigenvalue weighted by atomic mass is 10.3. The predicted molar refractivity (Wildman–Crippen MR) is 79.2 cm³/mol. The smallest absolute Gasteiger partial charge is 0.169 e. The molecule has 0 aliphatic rings. The van der Waals surface area contributed by atoms with Crippen molar-refractivity contribution in [3.05, 3.63) is 42.0 Å². The number of nitrogens with one attached hydrogen (secondary N) is 2. The molecule has 6 heteroatoms. The molecule has 0 spiro atoms. The maximum atomic E-state index is 13.7. The van der Waals surface area contributed by atoms with Crippen molar-refractivity contribution in [3.63, 3.8) is 0 Å². The molecule has 0 fully saturated rings. The van der Waals surface area contributed by atoms with Crippen LogP contribution in [0.3, 0.4) is 0 Å². The average Bonchev–Trinajstić information content (AvgIpc) is 2.49. The van der Waals surface area contributed by atoms with Gasteiger partial charge in [-0.05, 0) is 30.7 Å². The highest BCUT2D eigenvalue weighted by Crippen LogP contribution is 2.23. The summed E-state index contributed by atoms with van der Waals surface area (Å²) in [6, 6.07) is 7.83. The van der Waals surface area contributed by atoms with Gasteiger partial charge >= 0.3 is 0 Å². The molecule has 112 valence electrons. The largest absolute Gasteiger partial charge is 0.494 e. The first-order chi connectivity index (χ1) is 10.1. The molecule has 4 nitrogen and oxygen atoms in total. The molecule has 0 radical (unpaired) electrons. The summed E-state index contributed by atoms with van der Waals surface area (Å²) in [6.45, 7) is 2.67. The van der Waals surface area contributed by atoms with Crippen molar-refractivity contribution in [1.29, 1.82) is 0 Å². The van der Waals surface area contributed by atoms with Crippen LogP contribution >= 0.6 is 0 Å². The van der Waals surface area contributed by atoms with E-state index in [1.54, 1.807) is 24.3 Å². The minimum Gasteiger partial charge on any atom is -0.494 e. The van der Waals surface area contributed by atoms with E-state index >= 15 is 0 Å². The minimum absolute atomic E-state index is 0.0122. The molecule has 0 amide bonds. The van der Waals surface area contributed by atoms with Gasteiger partial charge in [-0.15, -0.1) is 0 Å². The van der Waals surface area contributed by atoms with Crippen LogP contribution in [0.25, 0.3) is 0 Å². The SMILES string of the molecule is CCCOc1ccc(Nc2nc(NC)c(F)cc2F)cc1. The van der Waals surface area contributed by atoms with E-state index in [-0.39, 0.29) is 11.6 Å². The van der Waals surface area contributed by atoms with Gasteiger partial charge in [-0.1, -0.05) is 6.92 Å². The Morgan fingerprint density at radius 2 is 1.76 bits per heavy atom. The van der Waals surface area contributed by atoms with Gasteiger partial charge in [-0.3, -0.25) is 0 Å². The minimum atomic E-state index is -0.752. The molecule has 1 aromatic heterocycles. The van der Waals surface area contributed by atoms with Crippen molar-refractivity contribution < 1.29 is 13.5 Å². The van der Waals surface area contributed by atoms with Crippen molar-refractivity contribution in [2.45, 2.75) is 13.3 Å². The molecule has 2 rings (SSSR count). The molecule has 0 saturated heterocycles. The molecule has 0 atom stereocenters. The second-order valence-electron chi connectivity index (χ2n) is 4.40. The maximum absolute atomic E-state index is 13.7. The number of halogens is 2. The second kappa shape index (κ2) is 6.88. The number of rotatable bonds is 6. The van der Waals surface area contributed by atoms with Crippen LogP contribution < -0.4 is 15.4 Å². The van der Waals surface area contributed by atoms with Gasteiger partial charge in [0.05, 0.1) is 6.61 Å². The topological polar surface area (TPSA) is 46.2 Å². The van der Waals surface area contributed by atoms with E-state index in [2.05, 4.69) is 15.6 Å². The van der Waals surface area contributed by atoms with Gasteiger partial charge in [0.1, 0.15) is 5.75 Å². The monoisotopic (exact) mass is 293 g/mol. The quantitative estimate of drug-likeness (QED) is 0.847. The summed E-state index contributed by atoms with van der Waals surface area (Å²) in [5.41, 5.74) is 0.638. The highest BCUT2D eigenvalue weighted by atomic mass is 19.1. The van der Waals surface area contributed by atoms with Crippen molar-refractivity contribution in [2.24, 2.45) is 0 Å². The van der Waals surface area contributed by atoms with Crippen LogP contribution in [-0.4, -0.2) is 18.6 Å². The van der Waals surface area contributed by atoms with Crippen molar-refractivity contribution >= 4 is 17.3 Å². The van der Waals surface area contributed by atoms with Crippen LogP contribution in [0.2, 0.25) is 0 Å². The fourth-order valence-corrected chi connectivity index (χ4v) is 1.72.